The maximum Gasteiger partial charge on any atom is 0.416 e. The molecule has 6 nitrogen and oxygen atoms in total. The molecule has 122 valence electrons. The van der Waals surface area contributed by atoms with Gasteiger partial charge in [0, 0.05) is 12.1 Å². The summed E-state index contributed by atoms with van der Waals surface area (Å²) in [5.41, 5.74) is -0.274. The molecule has 0 radical (unpaired) electrons. The molecule has 0 atom stereocenters. The SMILES string of the molecule is CC1(C)C=C(S(=O)(=O)Cc2cc(C(F)(F)F)cc[n+]2[O-])NO1. The van der Waals surface area contributed by atoms with Crippen molar-refractivity contribution in [2.24, 2.45) is 0 Å². The highest BCUT2D eigenvalue weighted by Crippen LogP contribution is 2.29. The largest absolute Gasteiger partial charge is 0.618 e. The normalized spacial score (nSPS) is 18.0. The summed E-state index contributed by atoms with van der Waals surface area (Å²) in [5, 5.41) is 11.2. The number of nitrogens with zero attached hydrogens (tertiary/aromatic N) is 1. The van der Waals surface area contributed by atoms with Crippen LogP contribution in [0.2, 0.25) is 0 Å². The van der Waals surface area contributed by atoms with Crippen LogP contribution in [-0.2, 0) is 26.6 Å². The number of rotatable bonds is 3. The summed E-state index contributed by atoms with van der Waals surface area (Å²) in [6.45, 7) is 3.20. The molecule has 10 heteroatoms. The molecule has 0 saturated heterocycles. The minimum Gasteiger partial charge on any atom is -0.618 e. The molecule has 0 bridgehead atoms. The molecular formula is C12H13F3N2O4S. The smallest absolute Gasteiger partial charge is 0.416 e. The number of aromatic nitrogens is 1. The van der Waals surface area contributed by atoms with Gasteiger partial charge in [0.05, 0.1) is 5.56 Å². The predicted molar refractivity (Wildman–Crippen MR) is 69.4 cm³/mol. The van der Waals surface area contributed by atoms with Crippen LogP contribution in [0, 0.1) is 5.21 Å². The Morgan fingerprint density at radius 3 is 2.55 bits per heavy atom. The average Bonchev–Trinajstić information content (AvgIpc) is 2.71. The molecule has 1 aliphatic rings. The topological polar surface area (TPSA) is 82.3 Å². The molecule has 0 spiro atoms. The molecule has 0 aliphatic carbocycles. The fourth-order valence-electron chi connectivity index (χ4n) is 1.80. The number of hydroxylamine groups is 1. The summed E-state index contributed by atoms with van der Waals surface area (Å²) in [7, 11) is -4.03. The van der Waals surface area contributed by atoms with Crippen LogP contribution < -0.4 is 10.2 Å². The van der Waals surface area contributed by atoms with Gasteiger partial charge in [0.15, 0.2) is 11.2 Å². The van der Waals surface area contributed by atoms with Crippen molar-refractivity contribution in [3.63, 3.8) is 0 Å². The lowest BCUT2D eigenvalue weighted by molar-refractivity contribution is -0.613. The lowest BCUT2D eigenvalue weighted by Crippen LogP contribution is -2.34. The third-order valence-electron chi connectivity index (χ3n) is 2.89. The standard InChI is InChI=1S/C12H13F3N2O4S/c1-11(2)6-10(16-21-11)22(19,20)7-9-5-8(12(13,14)15)3-4-17(9)18/h3-6,16H,7H2,1-2H3. The maximum atomic E-state index is 12.6. The number of pyridine rings is 1. The van der Waals surface area contributed by atoms with Crippen LogP contribution >= 0.6 is 0 Å². The molecule has 1 aromatic heterocycles. The number of hydrogen-bond donors (Lipinski definition) is 1. The van der Waals surface area contributed by atoms with Crippen molar-refractivity contribution in [3.05, 3.63) is 45.9 Å². The summed E-state index contributed by atoms with van der Waals surface area (Å²) in [5.74, 6) is -0.876. The Hall–Kier alpha value is -1.81. The molecule has 1 aromatic rings. The zero-order valence-electron chi connectivity index (χ0n) is 11.6. The van der Waals surface area contributed by atoms with Gasteiger partial charge in [0.25, 0.3) is 0 Å². The molecule has 2 rings (SSSR count). The third kappa shape index (κ3) is 3.50. The molecule has 2 heterocycles. The minimum absolute atomic E-state index is 0.0916. The highest BCUT2D eigenvalue weighted by atomic mass is 32.2. The Kier molecular flexibility index (Phi) is 3.86. The summed E-state index contributed by atoms with van der Waals surface area (Å²) in [4.78, 5) is 5.00. The van der Waals surface area contributed by atoms with Crippen LogP contribution in [0.5, 0.6) is 0 Å². The van der Waals surface area contributed by atoms with E-state index in [9.17, 15) is 26.8 Å². The third-order valence-corrected chi connectivity index (χ3v) is 4.44. The van der Waals surface area contributed by atoms with E-state index >= 15 is 0 Å². The number of halogens is 3. The van der Waals surface area contributed by atoms with E-state index in [0.717, 1.165) is 0 Å². The number of hydrogen-bond acceptors (Lipinski definition) is 5. The average molecular weight is 338 g/mol. The Labute approximate surface area is 124 Å². The van der Waals surface area contributed by atoms with E-state index < -0.39 is 38.6 Å². The van der Waals surface area contributed by atoms with Gasteiger partial charge in [0.1, 0.15) is 11.4 Å². The predicted octanol–water partition coefficient (Wildman–Crippen LogP) is 1.41. The van der Waals surface area contributed by atoms with Gasteiger partial charge in [-0.1, -0.05) is 0 Å². The highest BCUT2D eigenvalue weighted by Gasteiger charge is 2.35. The van der Waals surface area contributed by atoms with Crippen LogP contribution in [0.3, 0.4) is 0 Å². The van der Waals surface area contributed by atoms with Gasteiger partial charge < -0.3 is 5.21 Å². The second-order valence-electron chi connectivity index (χ2n) is 5.31. The molecule has 0 amide bonds. The maximum absolute atomic E-state index is 12.6. The van der Waals surface area contributed by atoms with E-state index in [2.05, 4.69) is 5.48 Å². The van der Waals surface area contributed by atoms with Crippen molar-refractivity contribution in [2.45, 2.75) is 31.4 Å². The molecule has 0 aromatic carbocycles. The highest BCUT2D eigenvalue weighted by molar-refractivity contribution is 7.94. The molecule has 22 heavy (non-hydrogen) atoms. The van der Waals surface area contributed by atoms with Crippen molar-refractivity contribution < 1.29 is 31.2 Å². The van der Waals surface area contributed by atoms with Crippen LogP contribution in [0.1, 0.15) is 25.1 Å². The van der Waals surface area contributed by atoms with E-state index in [1.807, 2.05) is 0 Å². The van der Waals surface area contributed by atoms with E-state index in [1.165, 1.54) is 6.08 Å². The van der Waals surface area contributed by atoms with Crippen LogP contribution in [0.15, 0.2) is 29.4 Å². The Morgan fingerprint density at radius 1 is 1.41 bits per heavy atom. The van der Waals surface area contributed by atoms with Crippen molar-refractivity contribution in [2.75, 3.05) is 0 Å². The van der Waals surface area contributed by atoms with Gasteiger partial charge in [0.2, 0.25) is 15.5 Å². The van der Waals surface area contributed by atoms with Crippen LogP contribution in [0.25, 0.3) is 0 Å². The number of alkyl halides is 3. The van der Waals surface area contributed by atoms with E-state index in [-0.39, 0.29) is 9.76 Å². The van der Waals surface area contributed by atoms with Crippen molar-refractivity contribution in [1.82, 2.24) is 5.48 Å². The van der Waals surface area contributed by atoms with Crippen molar-refractivity contribution in [1.29, 1.82) is 0 Å². The van der Waals surface area contributed by atoms with Gasteiger partial charge in [-0.25, -0.2) is 8.42 Å². The van der Waals surface area contributed by atoms with Gasteiger partial charge in [-0.15, -0.1) is 0 Å². The molecule has 0 unspecified atom stereocenters. The molecule has 1 N–H and O–H groups in total. The van der Waals surface area contributed by atoms with E-state index in [1.54, 1.807) is 13.8 Å². The van der Waals surface area contributed by atoms with Crippen molar-refractivity contribution in [3.8, 4) is 0 Å². The summed E-state index contributed by atoms with van der Waals surface area (Å²) in [6.07, 6.45) is -2.75. The number of sulfone groups is 1. The first kappa shape index (κ1) is 16.6. The zero-order chi connectivity index (χ0) is 16.8. The van der Waals surface area contributed by atoms with E-state index in [0.29, 0.717) is 18.3 Å². The monoisotopic (exact) mass is 338 g/mol. The van der Waals surface area contributed by atoms with Gasteiger partial charge in [-0.2, -0.15) is 17.9 Å². The number of nitrogens with one attached hydrogen (secondary N) is 1. The first-order valence-corrected chi connectivity index (χ1v) is 7.75. The lowest BCUT2D eigenvalue weighted by atomic mass is 10.1. The second kappa shape index (κ2) is 5.13. The first-order valence-electron chi connectivity index (χ1n) is 6.10. The second-order valence-corrected chi connectivity index (χ2v) is 7.26. The minimum atomic E-state index is -4.66. The van der Waals surface area contributed by atoms with E-state index in [4.69, 9.17) is 4.84 Å². The Bertz CT molecular complexity index is 726. The van der Waals surface area contributed by atoms with Gasteiger partial charge in [-0.05, 0) is 19.9 Å². The quantitative estimate of drug-likeness (QED) is 0.666. The first-order chi connectivity index (χ1) is 9.91. The summed E-state index contributed by atoms with van der Waals surface area (Å²) < 4.78 is 62.3. The van der Waals surface area contributed by atoms with Crippen LogP contribution in [0.4, 0.5) is 13.2 Å². The molecular weight excluding hydrogens is 325 g/mol. The molecule has 1 aliphatic heterocycles. The molecule has 0 fully saturated rings. The fourth-order valence-corrected chi connectivity index (χ4v) is 3.19. The van der Waals surface area contributed by atoms with Gasteiger partial charge in [-0.3, -0.25) is 10.3 Å². The van der Waals surface area contributed by atoms with Crippen LogP contribution in [-0.4, -0.2) is 14.0 Å². The van der Waals surface area contributed by atoms with Crippen molar-refractivity contribution >= 4 is 9.84 Å². The summed E-state index contributed by atoms with van der Waals surface area (Å²) >= 11 is 0. The van der Waals surface area contributed by atoms with Gasteiger partial charge >= 0.3 is 6.18 Å². The Balaban J connectivity index is 2.35. The fraction of sp³-hybridized carbons (Fsp3) is 0.417. The lowest BCUT2D eigenvalue weighted by Gasteiger charge is -2.11. The summed E-state index contributed by atoms with van der Waals surface area (Å²) in [6, 6.07) is 1.11. The zero-order valence-corrected chi connectivity index (χ0v) is 12.5. The Morgan fingerprint density at radius 2 is 2.05 bits per heavy atom. The molecule has 0 saturated carbocycles.